The number of hydrogen-bond donors (Lipinski definition) is 1. The number of alkyl halides is 3. The minimum absolute atomic E-state index is 0.0295. The van der Waals surface area contributed by atoms with E-state index in [1.54, 1.807) is 19.2 Å². The largest absolute Gasteiger partial charge is 0.471 e. The van der Waals surface area contributed by atoms with E-state index in [2.05, 4.69) is 5.32 Å². The van der Waals surface area contributed by atoms with E-state index in [1.807, 2.05) is 24.3 Å². The molecule has 7 heteroatoms. The number of benzene rings is 2. The zero-order chi connectivity index (χ0) is 18.2. The van der Waals surface area contributed by atoms with E-state index >= 15 is 0 Å². The predicted octanol–water partition coefficient (Wildman–Crippen LogP) is 4.50. The second kappa shape index (κ2) is 6.59. The number of carbonyl (C=O) groups is 1. The van der Waals surface area contributed by atoms with Gasteiger partial charge in [-0.05, 0) is 41.3 Å². The highest BCUT2D eigenvalue weighted by atomic mass is 35.5. The van der Waals surface area contributed by atoms with Crippen LogP contribution in [0, 0.1) is 0 Å². The molecule has 0 bridgehead atoms. The Labute approximate surface area is 148 Å². The molecular weight excluding hydrogens is 353 g/mol. The van der Waals surface area contributed by atoms with E-state index in [0.29, 0.717) is 17.0 Å². The van der Waals surface area contributed by atoms with Gasteiger partial charge in [0.15, 0.2) is 0 Å². The summed E-state index contributed by atoms with van der Waals surface area (Å²) in [5.41, 5.74) is 4.10. The van der Waals surface area contributed by atoms with Crippen molar-refractivity contribution in [1.29, 1.82) is 0 Å². The van der Waals surface area contributed by atoms with Crippen LogP contribution in [0.1, 0.15) is 11.1 Å². The topological polar surface area (TPSA) is 32.3 Å². The maximum Gasteiger partial charge on any atom is 0.471 e. The average Bonchev–Trinajstić information content (AvgIpc) is 2.59. The Kier molecular flexibility index (Phi) is 4.64. The van der Waals surface area contributed by atoms with Crippen LogP contribution in [0.4, 0.5) is 18.9 Å². The molecule has 2 aromatic carbocycles. The third kappa shape index (κ3) is 3.44. The molecular formula is C18H16ClF3N2O. The van der Waals surface area contributed by atoms with Gasteiger partial charge in [-0.15, -0.1) is 0 Å². The Morgan fingerprint density at radius 1 is 1.20 bits per heavy atom. The van der Waals surface area contributed by atoms with Gasteiger partial charge in [0.1, 0.15) is 0 Å². The second-order valence-electron chi connectivity index (χ2n) is 5.87. The first-order valence-corrected chi connectivity index (χ1v) is 8.13. The number of nitrogens with one attached hydrogen (secondary N) is 1. The zero-order valence-corrected chi connectivity index (χ0v) is 14.2. The lowest BCUT2D eigenvalue weighted by Gasteiger charge is -2.31. The van der Waals surface area contributed by atoms with Gasteiger partial charge in [0.25, 0.3) is 0 Å². The lowest BCUT2D eigenvalue weighted by Crippen LogP contribution is -2.43. The summed E-state index contributed by atoms with van der Waals surface area (Å²) in [6.07, 6.45) is -4.51. The van der Waals surface area contributed by atoms with Crippen molar-refractivity contribution in [1.82, 2.24) is 4.90 Å². The third-order valence-electron chi connectivity index (χ3n) is 4.32. The predicted molar refractivity (Wildman–Crippen MR) is 91.6 cm³/mol. The molecule has 0 saturated heterocycles. The molecule has 132 valence electrons. The van der Waals surface area contributed by atoms with Gasteiger partial charge in [0.05, 0.1) is 0 Å². The maximum absolute atomic E-state index is 12.7. The SMILES string of the molecule is CNc1cc2c(c(-c3ccccc3Cl)c1)CCN(C(=O)C(F)(F)F)C2. The molecule has 3 nitrogen and oxygen atoms in total. The summed E-state index contributed by atoms with van der Waals surface area (Å²) in [6, 6.07) is 11.1. The standard InChI is InChI=1S/C18H16ClF3N2O/c1-23-12-8-11-10-24(17(25)18(20,21)22)7-6-13(11)15(9-12)14-4-2-3-5-16(14)19/h2-5,8-9,23H,6-7,10H2,1H3. The van der Waals surface area contributed by atoms with E-state index in [9.17, 15) is 18.0 Å². The van der Waals surface area contributed by atoms with E-state index in [1.165, 1.54) is 0 Å². The number of hydrogen-bond acceptors (Lipinski definition) is 2. The highest BCUT2D eigenvalue weighted by molar-refractivity contribution is 6.33. The van der Waals surface area contributed by atoms with Gasteiger partial charge < -0.3 is 10.2 Å². The highest BCUT2D eigenvalue weighted by Gasteiger charge is 2.43. The first-order valence-electron chi connectivity index (χ1n) is 7.76. The van der Waals surface area contributed by atoms with Crippen LogP contribution in [-0.4, -0.2) is 30.6 Å². The van der Waals surface area contributed by atoms with Crippen molar-refractivity contribution in [3.05, 3.63) is 52.5 Å². The summed E-state index contributed by atoms with van der Waals surface area (Å²) in [5, 5.41) is 3.59. The van der Waals surface area contributed by atoms with Gasteiger partial charge in [0.2, 0.25) is 0 Å². The average molecular weight is 369 g/mol. The molecule has 0 aliphatic carbocycles. The molecule has 0 unspecified atom stereocenters. The monoisotopic (exact) mass is 368 g/mol. The van der Waals surface area contributed by atoms with Crippen molar-refractivity contribution in [2.45, 2.75) is 19.1 Å². The Morgan fingerprint density at radius 2 is 1.92 bits per heavy atom. The molecule has 1 heterocycles. The molecule has 1 aliphatic heterocycles. The zero-order valence-electron chi connectivity index (χ0n) is 13.5. The molecule has 2 aromatic rings. The maximum atomic E-state index is 12.7. The van der Waals surface area contributed by atoms with Gasteiger partial charge in [-0.2, -0.15) is 13.2 Å². The number of rotatable bonds is 2. The van der Waals surface area contributed by atoms with E-state index < -0.39 is 12.1 Å². The van der Waals surface area contributed by atoms with Crippen LogP contribution in [0.3, 0.4) is 0 Å². The van der Waals surface area contributed by atoms with Crippen molar-refractivity contribution in [2.24, 2.45) is 0 Å². The molecule has 1 N–H and O–H groups in total. The molecule has 0 radical (unpaired) electrons. The minimum atomic E-state index is -4.86. The molecule has 25 heavy (non-hydrogen) atoms. The first-order chi connectivity index (χ1) is 11.8. The Balaban J connectivity index is 2.06. The number of nitrogens with zero attached hydrogens (tertiary/aromatic N) is 1. The van der Waals surface area contributed by atoms with Crippen LogP contribution < -0.4 is 5.32 Å². The molecule has 3 rings (SSSR count). The summed E-state index contributed by atoms with van der Waals surface area (Å²) in [7, 11) is 1.74. The number of halogens is 4. The van der Waals surface area contributed by atoms with Crippen LogP contribution >= 0.6 is 11.6 Å². The lowest BCUT2D eigenvalue weighted by molar-refractivity contribution is -0.186. The van der Waals surface area contributed by atoms with E-state index in [-0.39, 0.29) is 13.1 Å². The van der Waals surface area contributed by atoms with E-state index in [0.717, 1.165) is 27.3 Å². The minimum Gasteiger partial charge on any atom is -0.388 e. The number of amides is 1. The van der Waals surface area contributed by atoms with E-state index in [4.69, 9.17) is 11.6 Å². The van der Waals surface area contributed by atoms with Gasteiger partial charge in [-0.3, -0.25) is 4.79 Å². The Hall–Kier alpha value is -2.21. The normalized spacial score (nSPS) is 14.2. The van der Waals surface area contributed by atoms with Crippen molar-refractivity contribution in [3.8, 4) is 11.1 Å². The third-order valence-corrected chi connectivity index (χ3v) is 4.65. The Morgan fingerprint density at radius 3 is 2.56 bits per heavy atom. The molecule has 0 saturated carbocycles. The fraction of sp³-hybridized carbons (Fsp3) is 0.278. The van der Waals surface area contributed by atoms with Crippen LogP contribution in [0.25, 0.3) is 11.1 Å². The van der Waals surface area contributed by atoms with Crippen LogP contribution in [0.5, 0.6) is 0 Å². The quantitative estimate of drug-likeness (QED) is 0.846. The van der Waals surface area contributed by atoms with Crippen molar-refractivity contribution in [3.63, 3.8) is 0 Å². The number of fused-ring (bicyclic) bond motifs is 1. The summed E-state index contributed by atoms with van der Waals surface area (Å²) < 4.78 is 38.2. The highest BCUT2D eigenvalue weighted by Crippen LogP contribution is 2.37. The summed E-state index contributed by atoms with van der Waals surface area (Å²) >= 11 is 6.30. The Bertz CT molecular complexity index is 820. The first kappa shape index (κ1) is 17.6. The molecule has 1 aliphatic rings. The summed E-state index contributed by atoms with van der Waals surface area (Å²) in [6.45, 7) is -0.0393. The molecule has 1 amide bonds. The van der Waals surface area contributed by atoms with Crippen LogP contribution in [0.15, 0.2) is 36.4 Å². The molecule has 0 aromatic heterocycles. The van der Waals surface area contributed by atoms with Crippen molar-refractivity contribution >= 4 is 23.2 Å². The van der Waals surface area contributed by atoms with Gasteiger partial charge in [-0.1, -0.05) is 29.8 Å². The summed E-state index contributed by atoms with van der Waals surface area (Å²) in [4.78, 5) is 12.4. The molecule has 0 spiro atoms. The fourth-order valence-electron chi connectivity index (χ4n) is 3.12. The summed E-state index contributed by atoms with van der Waals surface area (Å²) in [5.74, 6) is -1.80. The van der Waals surface area contributed by atoms with Gasteiger partial charge in [-0.25, -0.2) is 0 Å². The molecule has 0 fully saturated rings. The lowest BCUT2D eigenvalue weighted by atomic mass is 9.90. The number of anilines is 1. The van der Waals surface area contributed by atoms with Gasteiger partial charge >= 0.3 is 12.1 Å². The van der Waals surface area contributed by atoms with Crippen molar-refractivity contribution < 1.29 is 18.0 Å². The second-order valence-corrected chi connectivity index (χ2v) is 6.27. The molecule has 0 atom stereocenters. The van der Waals surface area contributed by atoms with Crippen molar-refractivity contribution in [2.75, 3.05) is 18.9 Å². The van der Waals surface area contributed by atoms with Crippen LogP contribution in [-0.2, 0) is 17.8 Å². The van der Waals surface area contributed by atoms with Gasteiger partial charge in [0, 0.05) is 36.4 Å². The van der Waals surface area contributed by atoms with Crippen LogP contribution in [0.2, 0.25) is 5.02 Å². The number of carbonyl (C=O) groups excluding carboxylic acids is 1. The fourth-order valence-corrected chi connectivity index (χ4v) is 3.35. The smallest absolute Gasteiger partial charge is 0.388 e.